The number of rotatable bonds is 8. The van der Waals surface area contributed by atoms with Gasteiger partial charge in [-0.1, -0.05) is 43.7 Å². The summed E-state index contributed by atoms with van der Waals surface area (Å²) in [7, 11) is 0. The van der Waals surface area contributed by atoms with Crippen LogP contribution in [0.3, 0.4) is 0 Å². The molecule has 0 heterocycles. The molecule has 3 aromatic rings. The Labute approximate surface area is 235 Å². The second kappa shape index (κ2) is 13.4. The van der Waals surface area contributed by atoms with Gasteiger partial charge in [0.05, 0.1) is 11.1 Å². The van der Waals surface area contributed by atoms with Gasteiger partial charge in [0.15, 0.2) is 11.6 Å². The molecule has 3 aromatic carbocycles. The van der Waals surface area contributed by atoms with Crippen LogP contribution in [-0.4, -0.2) is 23.9 Å². The summed E-state index contributed by atoms with van der Waals surface area (Å²) >= 11 is 0. The number of carbonyl (C=O) groups excluding carboxylic acids is 4. The van der Waals surface area contributed by atoms with E-state index in [1.165, 1.54) is 50.2 Å². The zero-order valence-corrected chi connectivity index (χ0v) is 22.1. The van der Waals surface area contributed by atoms with Crippen LogP contribution < -0.4 is 18.9 Å². The van der Waals surface area contributed by atoms with Crippen molar-refractivity contribution in [2.24, 2.45) is 0 Å². The van der Waals surface area contributed by atoms with Crippen LogP contribution in [0.2, 0.25) is 0 Å². The van der Waals surface area contributed by atoms with E-state index in [1.54, 1.807) is 12.1 Å². The van der Waals surface area contributed by atoms with Gasteiger partial charge in [-0.3, -0.25) is 4.79 Å². The van der Waals surface area contributed by atoms with E-state index in [0.717, 1.165) is 18.2 Å². The first kappa shape index (κ1) is 29.8. The lowest BCUT2D eigenvalue weighted by atomic mass is 9.95. The number of halogens is 1. The highest BCUT2D eigenvalue weighted by Gasteiger charge is 2.28. The van der Waals surface area contributed by atoms with Crippen molar-refractivity contribution in [2.75, 3.05) is 0 Å². The van der Waals surface area contributed by atoms with Crippen molar-refractivity contribution in [3.63, 3.8) is 0 Å². The number of hydrogen-bond donors (Lipinski definition) is 0. The Kier molecular flexibility index (Phi) is 9.71. The third-order valence-corrected chi connectivity index (χ3v) is 5.30. The molecule has 0 aromatic heterocycles. The van der Waals surface area contributed by atoms with Gasteiger partial charge in [-0.2, -0.15) is 0 Å². The molecule has 0 aliphatic rings. The first-order valence-corrected chi connectivity index (χ1v) is 11.9. The fourth-order valence-corrected chi connectivity index (χ4v) is 3.47. The zero-order chi connectivity index (χ0) is 30.1. The van der Waals surface area contributed by atoms with Crippen molar-refractivity contribution in [2.45, 2.75) is 13.8 Å². The van der Waals surface area contributed by atoms with Gasteiger partial charge in [0.25, 0.3) is 0 Å². The Hall–Kier alpha value is -5.75. The molecular formula is C32H23FO8. The molecule has 0 atom stereocenters. The van der Waals surface area contributed by atoms with E-state index in [9.17, 15) is 19.2 Å². The summed E-state index contributed by atoms with van der Waals surface area (Å²) in [6.07, 6.45) is 2.74. The van der Waals surface area contributed by atoms with Gasteiger partial charge in [0, 0.05) is 36.3 Å². The Morgan fingerprint density at radius 3 is 1.73 bits per heavy atom. The standard InChI is InChI=1S/C32H23FO8/c1-6-26(35)39-24-16-12-22(13-17-24)29-31(40-27(36)7-2)19(4)25(30(33)32(29)41-28(37)8-3)18-11-21-9-14-23(15-10-21)38-20(5)34/h6-10,12-17H,1-3H2,4-5H3. The second-order valence-corrected chi connectivity index (χ2v) is 8.12. The Morgan fingerprint density at radius 1 is 0.707 bits per heavy atom. The molecular weight excluding hydrogens is 531 g/mol. The average molecular weight is 555 g/mol. The number of hydrogen-bond acceptors (Lipinski definition) is 8. The Morgan fingerprint density at radius 2 is 1.20 bits per heavy atom. The van der Waals surface area contributed by atoms with E-state index in [4.69, 9.17) is 18.9 Å². The highest BCUT2D eigenvalue weighted by molar-refractivity contribution is 5.91. The summed E-state index contributed by atoms with van der Waals surface area (Å²) in [4.78, 5) is 47.2. The summed E-state index contributed by atoms with van der Waals surface area (Å²) in [5.41, 5.74) is 0.529. The van der Waals surface area contributed by atoms with E-state index in [1.807, 2.05) is 0 Å². The maximum atomic E-state index is 16.1. The molecule has 41 heavy (non-hydrogen) atoms. The maximum Gasteiger partial charge on any atom is 0.335 e. The van der Waals surface area contributed by atoms with Crippen LogP contribution >= 0.6 is 0 Å². The van der Waals surface area contributed by atoms with Gasteiger partial charge in [-0.15, -0.1) is 0 Å². The van der Waals surface area contributed by atoms with Crippen molar-refractivity contribution in [1.29, 1.82) is 0 Å². The monoisotopic (exact) mass is 554 g/mol. The van der Waals surface area contributed by atoms with Crippen LogP contribution in [0.15, 0.2) is 86.5 Å². The highest BCUT2D eigenvalue weighted by atomic mass is 19.1. The van der Waals surface area contributed by atoms with Crippen molar-refractivity contribution in [1.82, 2.24) is 0 Å². The first-order chi connectivity index (χ1) is 19.6. The summed E-state index contributed by atoms with van der Waals surface area (Å²) < 4.78 is 36.9. The van der Waals surface area contributed by atoms with Crippen molar-refractivity contribution in [3.05, 3.63) is 109 Å². The van der Waals surface area contributed by atoms with Crippen LogP contribution in [-0.2, 0) is 19.2 Å². The third kappa shape index (κ3) is 7.43. The molecule has 8 nitrogen and oxygen atoms in total. The van der Waals surface area contributed by atoms with Gasteiger partial charge in [-0.05, 0) is 48.9 Å². The second-order valence-electron chi connectivity index (χ2n) is 8.12. The predicted molar refractivity (Wildman–Crippen MR) is 148 cm³/mol. The summed E-state index contributed by atoms with van der Waals surface area (Å²) in [5.74, 6) is 1.22. The predicted octanol–water partition coefficient (Wildman–Crippen LogP) is 5.40. The topological polar surface area (TPSA) is 105 Å². The van der Waals surface area contributed by atoms with Gasteiger partial charge in [-0.25, -0.2) is 18.8 Å². The minimum atomic E-state index is -1.00. The Balaban J connectivity index is 2.24. The van der Waals surface area contributed by atoms with Crippen LogP contribution in [0, 0.1) is 24.6 Å². The third-order valence-electron chi connectivity index (χ3n) is 5.30. The molecule has 0 spiro atoms. The molecule has 0 fully saturated rings. The summed E-state index contributed by atoms with van der Waals surface area (Å²) in [5, 5.41) is 0. The van der Waals surface area contributed by atoms with Crippen molar-refractivity contribution < 1.29 is 42.5 Å². The molecule has 0 aliphatic carbocycles. The lowest BCUT2D eigenvalue weighted by Gasteiger charge is -2.19. The number of benzene rings is 3. The summed E-state index contributed by atoms with van der Waals surface area (Å²) in [6.45, 7) is 12.8. The molecule has 3 rings (SSSR count). The zero-order valence-electron chi connectivity index (χ0n) is 22.1. The van der Waals surface area contributed by atoms with E-state index < -0.39 is 35.4 Å². The number of esters is 4. The molecule has 9 heteroatoms. The Bertz CT molecular complexity index is 1570. The van der Waals surface area contributed by atoms with Gasteiger partial charge in [0.2, 0.25) is 0 Å². The van der Waals surface area contributed by atoms with Gasteiger partial charge in [0.1, 0.15) is 17.2 Å². The molecule has 0 bridgehead atoms. The SMILES string of the molecule is C=CC(=O)Oc1ccc(-c2c(OC(=O)C=C)c(C)c(C#Cc3ccc(OC(C)=O)cc3)c(F)c2OC(=O)C=C)cc1. The van der Waals surface area contributed by atoms with Crippen LogP contribution in [0.5, 0.6) is 23.0 Å². The fourth-order valence-electron chi connectivity index (χ4n) is 3.47. The van der Waals surface area contributed by atoms with Crippen LogP contribution in [0.25, 0.3) is 11.1 Å². The molecule has 0 radical (unpaired) electrons. The normalized spacial score (nSPS) is 9.83. The molecule has 0 amide bonds. The summed E-state index contributed by atoms with van der Waals surface area (Å²) in [6, 6.07) is 11.9. The van der Waals surface area contributed by atoms with Gasteiger partial charge < -0.3 is 18.9 Å². The largest absolute Gasteiger partial charge is 0.427 e. The average Bonchev–Trinajstić information content (AvgIpc) is 2.96. The molecule has 0 N–H and O–H groups in total. The van der Waals surface area contributed by atoms with E-state index in [2.05, 4.69) is 31.6 Å². The minimum absolute atomic E-state index is 0.0803. The number of ether oxygens (including phenoxy) is 4. The smallest absolute Gasteiger partial charge is 0.335 e. The lowest BCUT2D eigenvalue weighted by molar-refractivity contribution is -0.132. The molecule has 0 aliphatic heterocycles. The quantitative estimate of drug-likeness (QED) is 0.158. The highest BCUT2D eigenvalue weighted by Crippen LogP contribution is 2.45. The van der Waals surface area contributed by atoms with E-state index in [-0.39, 0.29) is 33.8 Å². The number of carbonyl (C=O) groups is 4. The first-order valence-electron chi connectivity index (χ1n) is 11.9. The molecule has 0 saturated heterocycles. The lowest BCUT2D eigenvalue weighted by Crippen LogP contribution is -2.12. The fraction of sp³-hybridized carbons (Fsp3) is 0.0625. The molecule has 0 unspecified atom stereocenters. The molecule has 0 saturated carbocycles. The van der Waals surface area contributed by atoms with E-state index in [0.29, 0.717) is 11.3 Å². The molecule has 206 valence electrons. The van der Waals surface area contributed by atoms with Crippen molar-refractivity contribution >= 4 is 23.9 Å². The van der Waals surface area contributed by atoms with Crippen LogP contribution in [0.1, 0.15) is 23.6 Å². The van der Waals surface area contributed by atoms with E-state index >= 15 is 4.39 Å². The minimum Gasteiger partial charge on any atom is -0.427 e. The maximum absolute atomic E-state index is 16.1. The van der Waals surface area contributed by atoms with Crippen LogP contribution in [0.4, 0.5) is 4.39 Å². The van der Waals surface area contributed by atoms with Crippen molar-refractivity contribution in [3.8, 4) is 46.0 Å². The van der Waals surface area contributed by atoms with Gasteiger partial charge >= 0.3 is 23.9 Å².